The van der Waals surface area contributed by atoms with Crippen LogP contribution in [0.15, 0.2) is 12.2 Å². The first-order valence-electron chi connectivity index (χ1n) is 6.31. The number of thiocarbonyl (C=S) groups is 1. The Hall–Kier alpha value is -0.570. The lowest BCUT2D eigenvalue weighted by Crippen LogP contribution is -2.46. The van der Waals surface area contributed by atoms with E-state index in [0.717, 1.165) is 28.8 Å². The van der Waals surface area contributed by atoms with Crippen LogP contribution < -0.4 is 5.32 Å². The minimum Gasteiger partial charge on any atom is -0.360 e. The molecule has 0 aliphatic heterocycles. The van der Waals surface area contributed by atoms with E-state index >= 15 is 0 Å². The zero-order valence-corrected chi connectivity index (χ0v) is 10.8. The van der Waals surface area contributed by atoms with Gasteiger partial charge in [-0.15, -0.1) is 0 Å². The van der Waals surface area contributed by atoms with Gasteiger partial charge in [0.25, 0.3) is 0 Å². The van der Waals surface area contributed by atoms with Crippen LogP contribution in [0.25, 0.3) is 0 Å². The predicted octanol–water partition coefficient (Wildman–Crippen LogP) is 2.02. The molecule has 16 heavy (non-hydrogen) atoms. The summed E-state index contributed by atoms with van der Waals surface area (Å²) in [5, 5.41) is 4.44. The molecule has 0 radical (unpaired) electrons. The van der Waals surface area contributed by atoms with Crippen molar-refractivity contribution in [3.63, 3.8) is 0 Å². The maximum atomic E-state index is 5.35. The highest BCUT2D eigenvalue weighted by atomic mass is 32.1. The van der Waals surface area contributed by atoms with Crippen molar-refractivity contribution in [2.24, 2.45) is 23.7 Å². The van der Waals surface area contributed by atoms with Gasteiger partial charge in [0.2, 0.25) is 0 Å². The zero-order chi connectivity index (χ0) is 11.3. The zero-order valence-electron chi connectivity index (χ0n) is 10.0. The van der Waals surface area contributed by atoms with Crippen LogP contribution >= 0.6 is 12.2 Å². The predicted molar refractivity (Wildman–Crippen MR) is 70.2 cm³/mol. The Bertz CT molecular complexity index is 337. The number of nitrogens with one attached hydrogen (secondary N) is 1. The monoisotopic (exact) mass is 236 g/mol. The second-order valence-corrected chi connectivity index (χ2v) is 6.14. The van der Waals surface area contributed by atoms with Gasteiger partial charge >= 0.3 is 0 Å². The van der Waals surface area contributed by atoms with Crippen LogP contribution in [-0.2, 0) is 0 Å². The van der Waals surface area contributed by atoms with E-state index in [4.69, 9.17) is 12.2 Å². The van der Waals surface area contributed by atoms with Gasteiger partial charge in [-0.3, -0.25) is 0 Å². The van der Waals surface area contributed by atoms with Crippen molar-refractivity contribution >= 4 is 17.3 Å². The molecule has 5 atom stereocenters. The number of rotatable bonds is 1. The largest absolute Gasteiger partial charge is 0.360 e. The average Bonchev–Trinajstić information content (AvgIpc) is 2.87. The van der Waals surface area contributed by atoms with Gasteiger partial charge in [-0.2, -0.15) is 0 Å². The van der Waals surface area contributed by atoms with Crippen LogP contribution in [0.3, 0.4) is 0 Å². The van der Waals surface area contributed by atoms with E-state index in [1.165, 1.54) is 19.3 Å². The van der Waals surface area contributed by atoms with E-state index in [-0.39, 0.29) is 0 Å². The summed E-state index contributed by atoms with van der Waals surface area (Å²) in [6.07, 6.45) is 8.94. The summed E-state index contributed by atoms with van der Waals surface area (Å²) in [4.78, 5) is 2.00. The maximum absolute atomic E-state index is 5.35. The van der Waals surface area contributed by atoms with Gasteiger partial charge in [-0.1, -0.05) is 12.2 Å². The SMILES string of the molecule is CN(C)C(=S)N[C@H]1C[C@H]2C[C@@H]1[C@H]1C=CC[C@H]21. The topological polar surface area (TPSA) is 15.3 Å². The second kappa shape index (κ2) is 3.73. The molecule has 0 saturated heterocycles. The number of fused-ring (bicyclic) bond motifs is 5. The van der Waals surface area contributed by atoms with Crippen LogP contribution in [0.5, 0.6) is 0 Å². The minimum absolute atomic E-state index is 0.629. The summed E-state index contributed by atoms with van der Waals surface area (Å²) in [6, 6.07) is 0.629. The molecule has 2 saturated carbocycles. The Labute approximate surface area is 103 Å². The molecule has 0 unspecified atom stereocenters. The second-order valence-electron chi connectivity index (χ2n) is 5.75. The summed E-state index contributed by atoms with van der Waals surface area (Å²) in [7, 11) is 4.03. The molecule has 2 fully saturated rings. The lowest BCUT2D eigenvalue weighted by atomic mass is 9.79. The molecular formula is C13H20N2S. The van der Waals surface area contributed by atoms with E-state index in [0.29, 0.717) is 6.04 Å². The van der Waals surface area contributed by atoms with Crippen LogP contribution in [-0.4, -0.2) is 30.1 Å². The average molecular weight is 236 g/mol. The minimum atomic E-state index is 0.629. The standard InChI is InChI=1S/C13H20N2S/c1-15(2)13(16)14-12-7-8-6-11(12)10-5-3-4-9(8)10/h3,5,8-12H,4,6-7H2,1-2H3,(H,14,16)/t8-,9-,10+,11-,12+/m1/s1. The molecule has 1 N–H and O–H groups in total. The number of hydrogen-bond acceptors (Lipinski definition) is 1. The molecule has 3 heteroatoms. The van der Waals surface area contributed by atoms with Gasteiger partial charge in [-0.05, 0) is 55.2 Å². The van der Waals surface area contributed by atoms with Crippen LogP contribution in [0.1, 0.15) is 19.3 Å². The molecule has 0 amide bonds. The first-order chi connectivity index (χ1) is 7.66. The Morgan fingerprint density at radius 2 is 2.12 bits per heavy atom. The maximum Gasteiger partial charge on any atom is 0.168 e. The van der Waals surface area contributed by atoms with E-state index in [1.807, 2.05) is 19.0 Å². The Kier molecular flexibility index (Phi) is 2.46. The highest BCUT2D eigenvalue weighted by Gasteiger charge is 2.52. The van der Waals surface area contributed by atoms with Crippen molar-refractivity contribution in [2.45, 2.75) is 25.3 Å². The van der Waals surface area contributed by atoms with Crippen LogP contribution in [0, 0.1) is 23.7 Å². The van der Waals surface area contributed by atoms with Gasteiger partial charge in [0.15, 0.2) is 5.11 Å². The molecule has 2 nitrogen and oxygen atoms in total. The molecule has 3 aliphatic rings. The lowest BCUT2D eigenvalue weighted by Gasteiger charge is -2.33. The van der Waals surface area contributed by atoms with Crippen LogP contribution in [0.2, 0.25) is 0 Å². The first-order valence-corrected chi connectivity index (χ1v) is 6.72. The van der Waals surface area contributed by atoms with Crippen molar-refractivity contribution in [3.05, 3.63) is 12.2 Å². The Balaban J connectivity index is 1.68. The quantitative estimate of drug-likeness (QED) is 0.554. The summed E-state index contributed by atoms with van der Waals surface area (Å²) < 4.78 is 0. The third-order valence-electron chi connectivity index (χ3n) is 4.72. The van der Waals surface area contributed by atoms with Gasteiger partial charge in [0, 0.05) is 20.1 Å². The smallest absolute Gasteiger partial charge is 0.168 e. The van der Waals surface area contributed by atoms with E-state index in [2.05, 4.69) is 17.5 Å². The van der Waals surface area contributed by atoms with Crippen molar-refractivity contribution in [3.8, 4) is 0 Å². The molecule has 88 valence electrons. The number of nitrogens with zero attached hydrogens (tertiary/aromatic N) is 1. The molecule has 0 aromatic rings. The number of allylic oxidation sites excluding steroid dienone is 2. The highest BCUT2D eigenvalue weighted by molar-refractivity contribution is 7.80. The molecule has 2 bridgehead atoms. The van der Waals surface area contributed by atoms with Crippen LogP contribution in [0.4, 0.5) is 0 Å². The summed E-state index contributed by atoms with van der Waals surface area (Å²) in [5.74, 6) is 3.61. The van der Waals surface area contributed by atoms with E-state index < -0.39 is 0 Å². The summed E-state index contributed by atoms with van der Waals surface area (Å²) in [5.41, 5.74) is 0. The van der Waals surface area contributed by atoms with Crippen molar-refractivity contribution in [1.29, 1.82) is 0 Å². The summed E-state index contributed by atoms with van der Waals surface area (Å²) in [6.45, 7) is 0. The van der Waals surface area contributed by atoms with Gasteiger partial charge in [0.1, 0.15) is 0 Å². The molecule has 0 spiro atoms. The Morgan fingerprint density at radius 3 is 2.88 bits per heavy atom. The molecule has 0 aromatic carbocycles. The molecular weight excluding hydrogens is 216 g/mol. The van der Waals surface area contributed by atoms with Gasteiger partial charge in [-0.25, -0.2) is 0 Å². The van der Waals surface area contributed by atoms with Crippen molar-refractivity contribution < 1.29 is 0 Å². The lowest BCUT2D eigenvalue weighted by molar-refractivity contribution is 0.244. The number of hydrogen-bond donors (Lipinski definition) is 1. The fourth-order valence-corrected chi connectivity index (χ4v) is 4.15. The van der Waals surface area contributed by atoms with Crippen molar-refractivity contribution in [1.82, 2.24) is 10.2 Å². The fourth-order valence-electron chi connectivity index (χ4n) is 4.00. The van der Waals surface area contributed by atoms with E-state index in [9.17, 15) is 0 Å². The molecule has 0 heterocycles. The van der Waals surface area contributed by atoms with Gasteiger partial charge < -0.3 is 10.2 Å². The third-order valence-corrected chi connectivity index (χ3v) is 5.21. The molecule has 3 aliphatic carbocycles. The normalized spacial score (nSPS) is 43.5. The molecule has 0 aromatic heterocycles. The first kappa shape index (κ1) is 10.6. The fraction of sp³-hybridized carbons (Fsp3) is 0.769. The highest BCUT2D eigenvalue weighted by Crippen LogP contribution is 2.56. The van der Waals surface area contributed by atoms with Crippen molar-refractivity contribution in [2.75, 3.05) is 14.1 Å². The van der Waals surface area contributed by atoms with Gasteiger partial charge in [0.05, 0.1) is 0 Å². The molecule has 3 rings (SSSR count). The summed E-state index contributed by atoms with van der Waals surface area (Å²) >= 11 is 5.35. The third kappa shape index (κ3) is 1.48. The Morgan fingerprint density at radius 1 is 1.31 bits per heavy atom. The van der Waals surface area contributed by atoms with E-state index in [1.54, 1.807) is 0 Å².